The molecule has 4 nitrogen and oxygen atoms in total. The number of rotatable bonds is 3. The predicted octanol–water partition coefficient (Wildman–Crippen LogP) is 3.83. The van der Waals surface area contributed by atoms with Crippen molar-refractivity contribution in [2.24, 2.45) is 5.92 Å². The van der Waals surface area contributed by atoms with Crippen LogP contribution in [0, 0.1) is 5.92 Å². The van der Waals surface area contributed by atoms with Crippen LogP contribution in [0.1, 0.15) is 29.8 Å². The van der Waals surface area contributed by atoms with E-state index in [0.29, 0.717) is 13.2 Å². The monoisotopic (exact) mass is 365 g/mol. The molecule has 0 radical (unpaired) electrons. The van der Waals surface area contributed by atoms with Gasteiger partial charge in [0.2, 0.25) is 0 Å². The normalized spacial score (nSPS) is 18.5. The molecule has 1 amide bonds. The number of halogens is 4. The van der Waals surface area contributed by atoms with E-state index >= 15 is 0 Å². The van der Waals surface area contributed by atoms with Gasteiger partial charge >= 0.3 is 6.18 Å². The van der Waals surface area contributed by atoms with E-state index < -0.39 is 34.0 Å². The summed E-state index contributed by atoms with van der Waals surface area (Å²) in [5.74, 6) is -1.54. The van der Waals surface area contributed by atoms with Crippen molar-refractivity contribution in [3.05, 3.63) is 34.3 Å². The third-order valence-electron chi connectivity index (χ3n) is 3.74. The van der Waals surface area contributed by atoms with E-state index in [-0.39, 0.29) is 12.5 Å². The highest BCUT2D eigenvalue weighted by Gasteiger charge is 2.38. The summed E-state index contributed by atoms with van der Waals surface area (Å²) in [7, 11) is 1.45. The van der Waals surface area contributed by atoms with Crippen LogP contribution in [0.5, 0.6) is 0 Å². The average molecular weight is 366 g/mol. The van der Waals surface area contributed by atoms with E-state index in [4.69, 9.17) is 21.1 Å². The Balaban J connectivity index is 2.13. The van der Waals surface area contributed by atoms with Gasteiger partial charge in [-0.25, -0.2) is 0 Å². The molecule has 1 aliphatic rings. The lowest BCUT2D eigenvalue weighted by molar-refractivity contribution is -0.262. The summed E-state index contributed by atoms with van der Waals surface area (Å²) < 4.78 is 50.5. The van der Waals surface area contributed by atoms with Gasteiger partial charge in [-0.3, -0.25) is 4.79 Å². The highest BCUT2D eigenvalue weighted by Crippen LogP contribution is 2.37. The smallest absolute Gasteiger partial charge is 0.350 e. The summed E-state index contributed by atoms with van der Waals surface area (Å²) >= 11 is 5.66. The number of nitrogens with zero attached hydrogens (tertiary/aromatic N) is 1. The van der Waals surface area contributed by atoms with Gasteiger partial charge in [-0.2, -0.15) is 13.2 Å². The molecule has 0 N–H and O–H groups in total. The van der Waals surface area contributed by atoms with Crippen molar-refractivity contribution in [3.8, 4) is 0 Å². The third-order valence-corrected chi connectivity index (χ3v) is 4.05. The van der Waals surface area contributed by atoms with E-state index in [1.54, 1.807) is 13.8 Å². The first-order valence-corrected chi connectivity index (χ1v) is 7.78. The lowest BCUT2D eigenvalue weighted by Gasteiger charge is -2.36. The molecule has 0 spiro atoms. The lowest BCUT2D eigenvalue weighted by Crippen LogP contribution is -2.44. The topological polar surface area (TPSA) is 38.8 Å². The number of carbonyl (C=O) groups excluding carboxylic acids is 1. The van der Waals surface area contributed by atoms with Crippen LogP contribution < -0.4 is 0 Å². The first kappa shape index (κ1) is 19.0. The summed E-state index contributed by atoms with van der Waals surface area (Å²) in [6, 6.07) is 3.57. The minimum atomic E-state index is -4.70. The maximum atomic E-state index is 13.2. The SMILES string of the molecule is CN(CC1COC(C)(C)OC1)C(=O)c1cccc(Cl)c1C(F)(F)F. The summed E-state index contributed by atoms with van der Waals surface area (Å²) in [6.45, 7) is 4.51. The highest BCUT2D eigenvalue weighted by molar-refractivity contribution is 6.32. The zero-order chi connectivity index (χ0) is 18.1. The Morgan fingerprint density at radius 1 is 1.33 bits per heavy atom. The Labute approximate surface area is 143 Å². The molecule has 1 aromatic carbocycles. The molecule has 8 heteroatoms. The second-order valence-electron chi connectivity index (χ2n) is 6.23. The average Bonchev–Trinajstić information content (AvgIpc) is 2.47. The zero-order valence-electron chi connectivity index (χ0n) is 13.6. The predicted molar refractivity (Wildman–Crippen MR) is 82.9 cm³/mol. The number of alkyl halides is 3. The summed E-state index contributed by atoms with van der Waals surface area (Å²) in [4.78, 5) is 13.7. The van der Waals surface area contributed by atoms with E-state index in [1.807, 2.05) is 0 Å². The molecule has 0 atom stereocenters. The summed E-state index contributed by atoms with van der Waals surface area (Å²) in [5.41, 5.74) is -1.57. The van der Waals surface area contributed by atoms with Crippen LogP contribution in [0.2, 0.25) is 5.02 Å². The molecule has 0 aromatic heterocycles. The quantitative estimate of drug-likeness (QED) is 0.817. The fourth-order valence-corrected chi connectivity index (χ4v) is 2.78. The largest absolute Gasteiger partial charge is 0.418 e. The zero-order valence-corrected chi connectivity index (χ0v) is 14.4. The van der Waals surface area contributed by atoms with Crippen molar-refractivity contribution in [1.82, 2.24) is 4.90 Å². The van der Waals surface area contributed by atoms with Crippen molar-refractivity contribution in [1.29, 1.82) is 0 Å². The van der Waals surface area contributed by atoms with E-state index in [2.05, 4.69) is 0 Å². The Kier molecular flexibility index (Phi) is 5.47. The van der Waals surface area contributed by atoms with Crippen LogP contribution in [0.3, 0.4) is 0 Å². The molecule has 2 rings (SSSR count). The number of ether oxygens (including phenoxy) is 2. The molecule has 24 heavy (non-hydrogen) atoms. The minimum Gasteiger partial charge on any atom is -0.350 e. The Morgan fingerprint density at radius 2 is 1.92 bits per heavy atom. The fraction of sp³-hybridized carbons (Fsp3) is 0.562. The van der Waals surface area contributed by atoms with Crippen molar-refractivity contribution < 1.29 is 27.4 Å². The Hall–Kier alpha value is -1.31. The van der Waals surface area contributed by atoms with Gasteiger partial charge in [0, 0.05) is 19.5 Å². The molecule has 0 unspecified atom stereocenters. The number of benzene rings is 1. The van der Waals surface area contributed by atoms with Gasteiger partial charge < -0.3 is 14.4 Å². The molecule has 1 fully saturated rings. The van der Waals surface area contributed by atoms with Gasteiger partial charge in [0.05, 0.1) is 29.4 Å². The molecule has 0 aliphatic carbocycles. The van der Waals surface area contributed by atoms with Crippen LogP contribution in [-0.4, -0.2) is 43.4 Å². The van der Waals surface area contributed by atoms with Gasteiger partial charge in [0.25, 0.3) is 5.91 Å². The molecule has 1 aromatic rings. The van der Waals surface area contributed by atoms with Crippen molar-refractivity contribution >= 4 is 17.5 Å². The number of hydrogen-bond donors (Lipinski definition) is 0. The standard InChI is InChI=1S/C16H19ClF3NO3/c1-15(2)23-8-10(9-24-15)7-21(3)14(22)11-5-4-6-12(17)13(11)16(18,19)20/h4-6,10H,7-9H2,1-3H3. The van der Waals surface area contributed by atoms with E-state index in [0.717, 1.165) is 12.1 Å². The highest BCUT2D eigenvalue weighted by atomic mass is 35.5. The van der Waals surface area contributed by atoms with Crippen LogP contribution in [0.15, 0.2) is 18.2 Å². The summed E-state index contributed by atoms with van der Waals surface area (Å²) in [6.07, 6.45) is -4.70. The molecule has 1 heterocycles. The fourth-order valence-electron chi connectivity index (χ4n) is 2.50. The van der Waals surface area contributed by atoms with Gasteiger partial charge in [-0.15, -0.1) is 0 Å². The molecule has 134 valence electrons. The Bertz CT molecular complexity index is 609. The van der Waals surface area contributed by atoms with Crippen LogP contribution in [-0.2, 0) is 15.7 Å². The van der Waals surface area contributed by atoms with Crippen LogP contribution in [0.4, 0.5) is 13.2 Å². The molecular weight excluding hydrogens is 347 g/mol. The summed E-state index contributed by atoms with van der Waals surface area (Å²) in [5, 5.41) is -0.493. The van der Waals surface area contributed by atoms with Crippen LogP contribution >= 0.6 is 11.6 Å². The van der Waals surface area contributed by atoms with Crippen molar-refractivity contribution in [3.63, 3.8) is 0 Å². The van der Waals surface area contributed by atoms with E-state index in [9.17, 15) is 18.0 Å². The molecule has 1 saturated heterocycles. The van der Waals surface area contributed by atoms with Gasteiger partial charge in [0.1, 0.15) is 0 Å². The van der Waals surface area contributed by atoms with E-state index in [1.165, 1.54) is 18.0 Å². The first-order chi connectivity index (χ1) is 11.0. The van der Waals surface area contributed by atoms with Crippen LogP contribution in [0.25, 0.3) is 0 Å². The molecule has 1 aliphatic heterocycles. The number of amides is 1. The van der Waals surface area contributed by atoms with Gasteiger partial charge in [-0.05, 0) is 26.0 Å². The lowest BCUT2D eigenvalue weighted by atomic mass is 10.0. The first-order valence-electron chi connectivity index (χ1n) is 7.40. The minimum absolute atomic E-state index is 0.111. The number of hydrogen-bond acceptors (Lipinski definition) is 3. The van der Waals surface area contributed by atoms with Gasteiger partial charge in [0.15, 0.2) is 5.79 Å². The maximum Gasteiger partial charge on any atom is 0.418 e. The van der Waals surface area contributed by atoms with Crippen molar-refractivity contribution in [2.75, 3.05) is 26.8 Å². The molecule has 0 bridgehead atoms. The second-order valence-corrected chi connectivity index (χ2v) is 6.64. The molecular formula is C16H19ClF3NO3. The maximum absolute atomic E-state index is 13.2. The van der Waals surface area contributed by atoms with Crippen molar-refractivity contribution in [2.45, 2.75) is 25.8 Å². The van der Waals surface area contributed by atoms with Gasteiger partial charge in [-0.1, -0.05) is 17.7 Å². The second kappa shape index (κ2) is 6.90. The molecule has 0 saturated carbocycles. The number of carbonyl (C=O) groups is 1. The Morgan fingerprint density at radius 3 is 2.46 bits per heavy atom. The third kappa shape index (κ3) is 4.40.